The Morgan fingerprint density at radius 1 is 1.19 bits per heavy atom. The highest BCUT2D eigenvalue weighted by atomic mass is 32.1. The van der Waals surface area contributed by atoms with Crippen molar-refractivity contribution in [2.24, 2.45) is 0 Å². The largest absolute Gasteiger partial charge is 0.340 e. The maximum Gasteiger partial charge on any atom is 0.278 e. The van der Waals surface area contributed by atoms with E-state index in [1.165, 1.54) is 4.88 Å². The van der Waals surface area contributed by atoms with Crippen LogP contribution in [0.25, 0.3) is 10.4 Å². The molecule has 0 saturated carbocycles. The van der Waals surface area contributed by atoms with Gasteiger partial charge in [-0.05, 0) is 25.2 Å². The third-order valence-electron chi connectivity index (χ3n) is 4.72. The van der Waals surface area contributed by atoms with Crippen LogP contribution in [-0.4, -0.2) is 60.4 Å². The summed E-state index contributed by atoms with van der Waals surface area (Å²) < 4.78 is 0. The highest BCUT2D eigenvalue weighted by Crippen LogP contribution is 2.35. The predicted molar refractivity (Wildman–Crippen MR) is 107 cm³/mol. The highest BCUT2D eigenvalue weighted by Gasteiger charge is 2.21. The van der Waals surface area contributed by atoms with E-state index in [2.05, 4.69) is 10.2 Å². The molecule has 2 aromatic rings. The predicted octanol–water partition coefficient (Wildman–Crippen LogP) is 2.58. The molecule has 1 amide bonds. The van der Waals surface area contributed by atoms with Gasteiger partial charge in [-0.2, -0.15) is 0 Å². The molecular weight excluding hydrogens is 364 g/mol. The van der Waals surface area contributed by atoms with E-state index in [4.69, 9.17) is 0 Å². The number of para-hydroxylation sites is 1. The fourth-order valence-electron chi connectivity index (χ4n) is 3.21. The van der Waals surface area contributed by atoms with Crippen LogP contribution in [0.15, 0.2) is 36.4 Å². The normalized spacial score (nSPS) is 15.1. The van der Waals surface area contributed by atoms with Crippen molar-refractivity contribution < 1.29 is 9.72 Å². The van der Waals surface area contributed by atoms with Crippen LogP contribution < -0.4 is 5.32 Å². The Morgan fingerprint density at radius 2 is 1.93 bits per heavy atom. The molecule has 1 aromatic carbocycles. The summed E-state index contributed by atoms with van der Waals surface area (Å²) in [6, 6.07) is 10.9. The van der Waals surface area contributed by atoms with Crippen molar-refractivity contribution in [2.45, 2.75) is 13.0 Å². The van der Waals surface area contributed by atoms with Gasteiger partial charge in [0.2, 0.25) is 5.91 Å². The zero-order valence-corrected chi connectivity index (χ0v) is 16.2. The second kappa shape index (κ2) is 9.07. The lowest BCUT2D eigenvalue weighted by Crippen LogP contribution is -2.48. The summed E-state index contributed by atoms with van der Waals surface area (Å²) in [7, 11) is 1.85. The lowest BCUT2D eigenvalue weighted by atomic mass is 10.1. The molecule has 1 fully saturated rings. The molecule has 1 aliphatic heterocycles. The van der Waals surface area contributed by atoms with Crippen LogP contribution in [0.1, 0.15) is 11.3 Å². The minimum Gasteiger partial charge on any atom is -0.340 e. The molecule has 1 saturated heterocycles. The number of thiophene rings is 1. The molecule has 0 unspecified atom stereocenters. The van der Waals surface area contributed by atoms with E-state index in [-0.39, 0.29) is 16.5 Å². The van der Waals surface area contributed by atoms with Gasteiger partial charge >= 0.3 is 0 Å². The van der Waals surface area contributed by atoms with E-state index in [1.54, 1.807) is 29.5 Å². The molecular formula is C19H24N4O3S. The summed E-state index contributed by atoms with van der Waals surface area (Å²) in [5.41, 5.74) is 0.804. The van der Waals surface area contributed by atoms with Gasteiger partial charge in [0.25, 0.3) is 5.69 Å². The zero-order chi connectivity index (χ0) is 19.2. The van der Waals surface area contributed by atoms with E-state index in [0.29, 0.717) is 18.5 Å². The molecule has 144 valence electrons. The molecule has 0 atom stereocenters. The molecule has 27 heavy (non-hydrogen) atoms. The van der Waals surface area contributed by atoms with Crippen LogP contribution in [0, 0.1) is 10.1 Å². The smallest absolute Gasteiger partial charge is 0.278 e. The number of hydrogen-bond donors (Lipinski definition) is 1. The first kappa shape index (κ1) is 19.5. The molecule has 0 aliphatic carbocycles. The van der Waals surface area contributed by atoms with Gasteiger partial charge in [-0.25, -0.2) is 0 Å². The van der Waals surface area contributed by atoms with Crippen molar-refractivity contribution in [3.05, 3.63) is 51.4 Å². The zero-order valence-electron chi connectivity index (χ0n) is 15.4. The number of nitrogens with one attached hydrogen (secondary N) is 1. The van der Waals surface area contributed by atoms with Crippen molar-refractivity contribution in [1.29, 1.82) is 0 Å². The first-order valence-corrected chi connectivity index (χ1v) is 9.87. The number of hydrogen-bond acceptors (Lipinski definition) is 6. The van der Waals surface area contributed by atoms with E-state index in [1.807, 2.05) is 30.1 Å². The number of carbonyl (C=O) groups excluding carboxylic acids is 1. The van der Waals surface area contributed by atoms with Crippen molar-refractivity contribution in [3.63, 3.8) is 0 Å². The summed E-state index contributed by atoms with van der Waals surface area (Å²) in [5, 5.41) is 14.2. The van der Waals surface area contributed by atoms with Gasteiger partial charge in [0.05, 0.1) is 10.5 Å². The number of rotatable bonds is 7. The first-order valence-electron chi connectivity index (χ1n) is 9.05. The number of benzene rings is 1. The summed E-state index contributed by atoms with van der Waals surface area (Å²) in [6.45, 7) is 4.73. The third kappa shape index (κ3) is 4.91. The van der Waals surface area contributed by atoms with Crippen molar-refractivity contribution in [2.75, 3.05) is 39.8 Å². The molecule has 8 heteroatoms. The number of nitro groups is 1. The number of piperazine rings is 1. The average Bonchev–Trinajstić information content (AvgIpc) is 3.15. The SMILES string of the molecule is CNCCC(=O)N1CCN(Cc2ccc(-c3ccccc3[N+](=O)[O-])s2)CC1. The molecule has 0 bridgehead atoms. The van der Waals surface area contributed by atoms with E-state index in [9.17, 15) is 14.9 Å². The Morgan fingerprint density at radius 3 is 2.63 bits per heavy atom. The lowest BCUT2D eigenvalue weighted by molar-refractivity contribution is -0.384. The molecule has 3 rings (SSSR count). The van der Waals surface area contributed by atoms with Gasteiger partial charge in [-0.1, -0.05) is 12.1 Å². The Labute approximate surface area is 162 Å². The van der Waals surface area contributed by atoms with Crippen LogP contribution in [0.4, 0.5) is 5.69 Å². The number of carbonyl (C=O) groups is 1. The Kier molecular flexibility index (Phi) is 6.54. The van der Waals surface area contributed by atoms with Crippen LogP contribution in [0.5, 0.6) is 0 Å². The van der Waals surface area contributed by atoms with E-state index in [0.717, 1.165) is 37.6 Å². The molecule has 7 nitrogen and oxygen atoms in total. The Bertz CT molecular complexity index is 800. The van der Waals surface area contributed by atoms with E-state index >= 15 is 0 Å². The maximum absolute atomic E-state index is 12.1. The quantitative estimate of drug-likeness (QED) is 0.583. The van der Waals surface area contributed by atoms with Gasteiger partial charge in [0.1, 0.15) is 0 Å². The summed E-state index contributed by atoms with van der Waals surface area (Å²) >= 11 is 1.59. The van der Waals surface area contributed by atoms with Crippen LogP contribution in [0.2, 0.25) is 0 Å². The molecule has 0 spiro atoms. The van der Waals surface area contributed by atoms with Gasteiger partial charge in [-0.3, -0.25) is 19.8 Å². The minimum absolute atomic E-state index is 0.139. The molecule has 2 heterocycles. The second-order valence-corrected chi connectivity index (χ2v) is 7.72. The van der Waals surface area contributed by atoms with Crippen molar-refractivity contribution >= 4 is 22.9 Å². The van der Waals surface area contributed by atoms with Gasteiger partial charge in [-0.15, -0.1) is 11.3 Å². The fourth-order valence-corrected chi connectivity index (χ4v) is 4.30. The first-order chi connectivity index (χ1) is 13.1. The van der Waals surface area contributed by atoms with E-state index < -0.39 is 0 Å². The fraction of sp³-hybridized carbons (Fsp3) is 0.421. The lowest BCUT2D eigenvalue weighted by Gasteiger charge is -2.34. The Hall–Kier alpha value is -2.29. The van der Waals surface area contributed by atoms with Crippen LogP contribution in [-0.2, 0) is 11.3 Å². The van der Waals surface area contributed by atoms with Crippen molar-refractivity contribution in [1.82, 2.24) is 15.1 Å². The maximum atomic E-state index is 12.1. The number of nitro benzene ring substituents is 1. The minimum atomic E-state index is -0.334. The van der Waals surface area contributed by atoms with Crippen molar-refractivity contribution in [3.8, 4) is 10.4 Å². The second-order valence-electron chi connectivity index (χ2n) is 6.55. The molecule has 1 aromatic heterocycles. The van der Waals surface area contributed by atoms with Gasteiger partial charge in [0, 0.05) is 61.5 Å². The molecule has 0 radical (unpaired) electrons. The average molecular weight is 388 g/mol. The van der Waals surface area contributed by atoms with Crippen LogP contribution in [0.3, 0.4) is 0 Å². The van der Waals surface area contributed by atoms with Gasteiger partial charge < -0.3 is 10.2 Å². The topological polar surface area (TPSA) is 78.7 Å². The summed E-state index contributed by atoms with van der Waals surface area (Å²) in [5.74, 6) is 0.207. The standard InChI is InChI=1S/C19H24N4O3S/c1-20-9-8-19(24)22-12-10-21(11-13-22)14-15-6-7-18(27-15)16-4-2-3-5-17(16)23(25)26/h2-7,20H,8-14H2,1H3. The number of nitrogens with zero attached hydrogens (tertiary/aromatic N) is 3. The highest BCUT2D eigenvalue weighted by molar-refractivity contribution is 7.15. The number of amides is 1. The third-order valence-corrected chi connectivity index (χ3v) is 5.82. The summed E-state index contributed by atoms with van der Waals surface area (Å²) in [4.78, 5) is 29.3. The van der Waals surface area contributed by atoms with Gasteiger partial charge in [0.15, 0.2) is 0 Å². The molecule has 1 aliphatic rings. The molecule has 1 N–H and O–H groups in total. The monoisotopic (exact) mass is 388 g/mol. The summed E-state index contributed by atoms with van der Waals surface area (Å²) in [6.07, 6.45) is 0.542. The van der Waals surface area contributed by atoms with Crippen LogP contribution >= 0.6 is 11.3 Å². The Balaban J connectivity index is 1.58.